The molecule has 0 saturated carbocycles. The largest absolute Gasteiger partial charge is 0.316 e. The van der Waals surface area contributed by atoms with Crippen LogP contribution in [0.3, 0.4) is 0 Å². The fourth-order valence-corrected chi connectivity index (χ4v) is 2.59. The molecule has 1 heteroatoms. The third kappa shape index (κ3) is 19.6. The summed E-state index contributed by atoms with van der Waals surface area (Å²) in [4.78, 5) is 0. The molecule has 34 heavy (non-hydrogen) atoms. The maximum Gasteiger partial charge on any atom is 0.0205 e. The molecule has 0 bridgehead atoms. The van der Waals surface area contributed by atoms with E-state index in [2.05, 4.69) is 105 Å². The van der Waals surface area contributed by atoms with Gasteiger partial charge in [-0.1, -0.05) is 125 Å². The Labute approximate surface area is 216 Å². The summed E-state index contributed by atoms with van der Waals surface area (Å²) in [7, 11) is 1.99. The Morgan fingerprint density at radius 2 is 1.15 bits per heavy atom. The van der Waals surface area contributed by atoms with Crippen LogP contribution >= 0.6 is 0 Å². The van der Waals surface area contributed by atoms with Gasteiger partial charge in [0.15, 0.2) is 0 Å². The number of nitrogens with one attached hydrogen (secondary N) is 1. The smallest absolute Gasteiger partial charge is 0.0205 e. The van der Waals surface area contributed by atoms with Crippen LogP contribution < -0.4 is 5.32 Å². The van der Waals surface area contributed by atoms with Crippen molar-refractivity contribution in [3.05, 3.63) is 75.9 Å². The lowest BCUT2D eigenvalue weighted by molar-refractivity contribution is 0.809. The van der Waals surface area contributed by atoms with E-state index in [1.807, 2.05) is 40.8 Å². The van der Waals surface area contributed by atoms with Crippen molar-refractivity contribution < 1.29 is 0 Å². The molecule has 0 atom stereocenters. The first-order valence-corrected chi connectivity index (χ1v) is 13.7. The minimum absolute atomic E-state index is 0.969. The summed E-state index contributed by atoms with van der Waals surface area (Å²) in [5.41, 5.74) is 9.64. The highest BCUT2D eigenvalue weighted by Crippen LogP contribution is 2.18. The summed E-state index contributed by atoms with van der Waals surface area (Å²) in [6.07, 6.45) is 6.89. The predicted octanol–water partition coefficient (Wildman–Crippen LogP) is 10.8. The lowest BCUT2D eigenvalue weighted by atomic mass is 9.97. The summed E-state index contributed by atoms with van der Waals surface area (Å²) in [6, 6.07) is 10.8. The Kier molecular flexibility index (Phi) is 33.8. The Morgan fingerprint density at radius 3 is 1.50 bits per heavy atom. The van der Waals surface area contributed by atoms with Gasteiger partial charge >= 0.3 is 0 Å². The summed E-state index contributed by atoms with van der Waals surface area (Å²) < 4.78 is 0. The van der Waals surface area contributed by atoms with Gasteiger partial charge in [-0.15, -0.1) is 0 Å². The molecule has 0 aliphatic rings. The second-order valence-corrected chi connectivity index (χ2v) is 7.77. The first-order valence-electron chi connectivity index (χ1n) is 13.7. The van der Waals surface area contributed by atoms with E-state index in [0.717, 1.165) is 13.0 Å². The molecule has 0 aromatic heterocycles. The monoisotopic (exact) mass is 471 g/mol. The maximum absolute atomic E-state index is 3.70. The molecule has 0 aliphatic carbocycles. The van der Waals surface area contributed by atoms with E-state index in [-0.39, 0.29) is 0 Å². The summed E-state index contributed by atoms with van der Waals surface area (Å²) >= 11 is 0. The molecule has 0 fully saturated rings. The van der Waals surface area contributed by atoms with Crippen LogP contribution in [0, 0.1) is 27.7 Å². The quantitative estimate of drug-likeness (QED) is 0.457. The van der Waals surface area contributed by atoms with Crippen molar-refractivity contribution in [2.24, 2.45) is 0 Å². The van der Waals surface area contributed by atoms with Crippen LogP contribution in [0.2, 0.25) is 0 Å². The highest BCUT2D eigenvalue weighted by atomic mass is 14.8. The van der Waals surface area contributed by atoms with Gasteiger partial charge < -0.3 is 5.32 Å². The van der Waals surface area contributed by atoms with E-state index in [1.165, 1.54) is 58.2 Å². The molecule has 198 valence electrons. The summed E-state index contributed by atoms with van der Waals surface area (Å²) in [6.45, 7) is 32.1. The van der Waals surface area contributed by atoms with Gasteiger partial charge in [0, 0.05) is 6.54 Å². The second-order valence-electron chi connectivity index (χ2n) is 7.77. The zero-order valence-electron chi connectivity index (χ0n) is 25.7. The second kappa shape index (κ2) is 29.2. The molecule has 1 N–H and O–H groups in total. The van der Waals surface area contributed by atoms with E-state index in [0.29, 0.717) is 0 Å². The van der Waals surface area contributed by atoms with Crippen molar-refractivity contribution >= 4 is 6.08 Å². The Balaban J connectivity index is -0.000000189. The molecule has 0 aliphatic heterocycles. The van der Waals surface area contributed by atoms with Crippen LogP contribution in [0.1, 0.15) is 121 Å². The third-order valence-electron chi connectivity index (χ3n) is 5.03. The first-order chi connectivity index (χ1) is 16.3. The number of unbranched alkanes of at least 4 members (excludes halogenated alkanes) is 1. The van der Waals surface area contributed by atoms with Crippen LogP contribution in [0.25, 0.3) is 6.08 Å². The van der Waals surface area contributed by atoms with Crippen LogP contribution in [0.15, 0.2) is 36.9 Å². The van der Waals surface area contributed by atoms with E-state index in [4.69, 9.17) is 0 Å². The molecule has 0 heterocycles. The number of aryl methyl sites for hydroxylation is 3. The van der Waals surface area contributed by atoms with Crippen LogP contribution in [-0.2, 0) is 13.0 Å². The van der Waals surface area contributed by atoms with Crippen molar-refractivity contribution in [1.82, 2.24) is 5.32 Å². The molecule has 0 spiro atoms. The van der Waals surface area contributed by atoms with Crippen LogP contribution in [0.4, 0.5) is 0 Å². The normalized spacial score (nSPS) is 8.53. The van der Waals surface area contributed by atoms with Gasteiger partial charge in [-0.3, -0.25) is 0 Å². The molecule has 0 unspecified atom stereocenters. The molecule has 1 nitrogen and oxygen atoms in total. The number of hydrogen-bond donors (Lipinski definition) is 1. The van der Waals surface area contributed by atoms with Crippen LogP contribution in [-0.4, -0.2) is 7.05 Å². The van der Waals surface area contributed by atoms with Gasteiger partial charge in [0.2, 0.25) is 0 Å². The third-order valence-corrected chi connectivity index (χ3v) is 5.03. The summed E-state index contributed by atoms with van der Waals surface area (Å²) in [5, 5.41) is 3.19. The molecule has 0 radical (unpaired) electrons. The lowest BCUT2D eigenvalue weighted by Gasteiger charge is -2.11. The SMILES string of the molecule is C=Cc1ccc(C)c(C)c1.CC.CC.CCC.CCCC.CCc1ccc(CNC)c(C)c1C. The minimum atomic E-state index is 0.969. The number of hydrogen-bond acceptors (Lipinski definition) is 1. The molecule has 2 aromatic carbocycles. The van der Waals surface area contributed by atoms with Gasteiger partial charge in [-0.05, 0) is 80.1 Å². The molecular weight excluding hydrogens is 410 g/mol. The van der Waals surface area contributed by atoms with Crippen molar-refractivity contribution in [3.63, 3.8) is 0 Å². The van der Waals surface area contributed by atoms with Crippen LogP contribution in [0.5, 0.6) is 0 Å². The minimum Gasteiger partial charge on any atom is -0.316 e. The van der Waals surface area contributed by atoms with Gasteiger partial charge in [0.05, 0.1) is 0 Å². The summed E-state index contributed by atoms with van der Waals surface area (Å²) in [5.74, 6) is 0. The molecule has 2 aromatic rings. The van der Waals surface area contributed by atoms with Gasteiger partial charge in [-0.2, -0.15) is 0 Å². The van der Waals surface area contributed by atoms with Crippen molar-refractivity contribution in [2.45, 2.75) is 122 Å². The Bertz CT molecular complexity index is 696. The van der Waals surface area contributed by atoms with Gasteiger partial charge in [0.1, 0.15) is 0 Å². The van der Waals surface area contributed by atoms with Gasteiger partial charge in [-0.25, -0.2) is 0 Å². The highest BCUT2D eigenvalue weighted by molar-refractivity contribution is 5.49. The fraction of sp³-hybridized carbons (Fsp3) is 0.576. The maximum atomic E-state index is 3.70. The Morgan fingerprint density at radius 1 is 0.706 bits per heavy atom. The zero-order valence-corrected chi connectivity index (χ0v) is 25.7. The standard InChI is InChI=1S/C12H19N.C10H12.C4H10.C3H8.2C2H6/c1-5-11-6-7-12(8-13-4)10(3)9(11)2;1-4-10-6-5-8(2)9(3)7-10;1-3-4-2;1-3-2;2*1-2/h6-7,13H,5,8H2,1-4H3;4-7H,1H2,2-3H3;3-4H2,1-2H3;3H2,1-2H3;2*1-2H3. The molecular formula is C33H61N. The molecule has 0 amide bonds. The average Bonchev–Trinajstić information content (AvgIpc) is 2.87. The Hall–Kier alpha value is -1.86. The molecule has 0 saturated heterocycles. The highest BCUT2D eigenvalue weighted by Gasteiger charge is 2.03. The number of rotatable bonds is 5. The lowest BCUT2D eigenvalue weighted by Crippen LogP contribution is -2.08. The fourth-order valence-electron chi connectivity index (χ4n) is 2.59. The van der Waals surface area contributed by atoms with E-state index in [9.17, 15) is 0 Å². The number of benzene rings is 2. The van der Waals surface area contributed by atoms with E-state index in [1.54, 1.807) is 0 Å². The zero-order chi connectivity index (χ0) is 27.5. The first kappa shape index (κ1) is 39.4. The van der Waals surface area contributed by atoms with Crippen molar-refractivity contribution in [1.29, 1.82) is 0 Å². The van der Waals surface area contributed by atoms with Gasteiger partial charge in [0.25, 0.3) is 0 Å². The average molecular weight is 472 g/mol. The predicted molar refractivity (Wildman–Crippen MR) is 163 cm³/mol. The van der Waals surface area contributed by atoms with Crippen molar-refractivity contribution in [2.75, 3.05) is 7.05 Å². The topological polar surface area (TPSA) is 12.0 Å². The molecule has 2 rings (SSSR count). The van der Waals surface area contributed by atoms with E-state index >= 15 is 0 Å². The van der Waals surface area contributed by atoms with Crippen molar-refractivity contribution in [3.8, 4) is 0 Å². The van der Waals surface area contributed by atoms with E-state index < -0.39 is 0 Å².